The molecule has 3 rings (SSSR count). The third kappa shape index (κ3) is 6.64. The zero-order valence-corrected chi connectivity index (χ0v) is 19.5. The second-order valence-corrected chi connectivity index (χ2v) is 6.58. The Labute approximate surface area is 193 Å². The number of nitrogens with zero attached hydrogens (tertiary/aromatic N) is 3. The van der Waals surface area contributed by atoms with Gasteiger partial charge in [0.05, 0.1) is 12.8 Å². The number of nitrogens with one attached hydrogen (secondary N) is 2. The first kappa shape index (κ1) is 23.0. The molecule has 0 aliphatic carbocycles. The zero-order valence-electron chi connectivity index (χ0n) is 16.4. The van der Waals surface area contributed by atoms with Gasteiger partial charge in [-0.2, -0.15) is 5.10 Å². The number of halogens is 2. The molecule has 1 aromatic heterocycles. The van der Waals surface area contributed by atoms with Gasteiger partial charge in [-0.3, -0.25) is 4.99 Å². The summed E-state index contributed by atoms with van der Waals surface area (Å²) >= 11 is 6.29. The fraction of sp³-hybridized carbons (Fsp3) is 0.238. The maximum atomic E-state index is 6.29. The molecule has 0 unspecified atom stereocenters. The molecular formula is C21H25ClIN5O. The Morgan fingerprint density at radius 3 is 2.59 bits per heavy atom. The number of rotatable bonds is 7. The lowest BCUT2D eigenvalue weighted by Gasteiger charge is -2.13. The van der Waals surface area contributed by atoms with Crippen molar-refractivity contribution in [3.8, 4) is 11.4 Å². The Hall–Kier alpha value is -2.26. The molecule has 6 nitrogen and oxygen atoms in total. The van der Waals surface area contributed by atoms with Crippen molar-refractivity contribution in [2.45, 2.75) is 13.0 Å². The highest BCUT2D eigenvalue weighted by Crippen LogP contribution is 2.22. The predicted molar refractivity (Wildman–Crippen MR) is 129 cm³/mol. The number of aliphatic imine (C=N–C) groups is 1. The van der Waals surface area contributed by atoms with Gasteiger partial charge < -0.3 is 15.4 Å². The molecule has 154 valence electrons. The Bertz CT molecular complexity index is 913. The highest BCUT2D eigenvalue weighted by Gasteiger charge is 2.04. The second-order valence-electron chi connectivity index (χ2n) is 6.18. The number of benzene rings is 2. The van der Waals surface area contributed by atoms with E-state index in [2.05, 4.69) is 32.9 Å². The summed E-state index contributed by atoms with van der Waals surface area (Å²) < 4.78 is 7.01. The van der Waals surface area contributed by atoms with Crippen LogP contribution in [0.3, 0.4) is 0 Å². The van der Waals surface area contributed by atoms with E-state index in [9.17, 15) is 0 Å². The van der Waals surface area contributed by atoms with E-state index in [-0.39, 0.29) is 24.0 Å². The minimum Gasteiger partial charge on any atom is -0.497 e. The van der Waals surface area contributed by atoms with Gasteiger partial charge in [0.25, 0.3) is 0 Å². The van der Waals surface area contributed by atoms with E-state index < -0.39 is 0 Å². The SMILES string of the molecule is CN=C(NCCc1ccc(OC)cc1Cl)NCc1ccc(-n2cccn2)cc1.I. The lowest BCUT2D eigenvalue weighted by Crippen LogP contribution is -2.37. The van der Waals surface area contributed by atoms with Crippen molar-refractivity contribution in [3.05, 3.63) is 77.1 Å². The normalized spacial score (nSPS) is 10.9. The molecule has 0 saturated heterocycles. The third-order valence-corrected chi connectivity index (χ3v) is 4.69. The maximum Gasteiger partial charge on any atom is 0.191 e. The van der Waals surface area contributed by atoms with Crippen molar-refractivity contribution in [1.82, 2.24) is 20.4 Å². The first-order valence-corrected chi connectivity index (χ1v) is 9.43. The van der Waals surface area contributed by atoms with Crippen LogP contribution in [0.15, 0.2) is 65.9 Å². The van der Waals surface area contributed by atoms with Crippen molar-refractivity contribution in [3.63, 3.8) is 0 Å². The lowest BCUT2D eigenvalue weighted by molar-refractivity contribution is 0.414. The van der Waals surface area contributed by atoms with Crippen LogP contribution in [-0.2, 0) is 13.0 Å². The van der Waals surface area contributed by atoms with Crippen molar-refractivity contribution >= 4 is 41.5 Å². The zero-order chi connectivity index (χ0) is 19.8. The minimum absolute atomic E-state index is 0. The van der Waals surface area contributed by atoms with E-state index in [0.29, 0.717) is 11.6 Å². The number of hydrogen-bond acceptors (Lipinski definition) is 3. The molecule has 29 heavy (non-hydrogen) atoms. The van der Waals surface area contributed by atoms with Crippen molar-refractivity contribution in [2.75, 3.05) is 20.7 Å². The average molecular weight is 526 g/mol. The lowest BCUT2D eigenvalue weighted by atomic mass is 10.1. The summed E-state index contributed by atoms with van der Waals surface area (Å²) in [5.41, 5.74) is 3.27. The first-order valence-electron chi connectivity index (χ1n) is 9.05. The molecule has 0 radical (unpaired) electrons. The van der Waals surface area contributed by atoms with E-state index >= 15 is 0 Å². The number of ether oxygens (including phenoxy) is 1. The smallest absolute Gasteiger partial charge is 0.191 e. The average Bonchev–Trinajstić information content (AvgIpc) is 3.26. The Balaban J connectivity index is 0.00000300. The molecule has 0 saturated carbocycles. The van der Waals surface area contributed by atoms with Gasteiger partial charge in [-0.25, -0.2) is 4.68 Å². The second kappa shape index (κ2) is 11.7. The molecule has 1 heterocycles. The van der Waals surface area contributed by atoms with Crippen LogP contribution in [0.2, 0.25) is 5.02 Å². The van der Waals surface area contributed by atoms with E-state index in [1.54, 1.807) is 20.4 Å². The third-order valence-electron chi connectivity index (χ3n) is 4.34. The minimum atomic E-state index is 0. The van der Waals surface area contributed by atoms with Gasteiger partial charge in [0.15, 0.2) is 5.96 Å². The highest BCUT2D eigenvalue weighted by atomic mass is 127. The molecule has 0 aliphatic heterocycles. The first-order chi connectivity index (χ1) is 13.7. The summed E-state index contributed by atoms with van der Waals surface area (Å²) in [5, 5.41) is 11.6. The fourth-order valence-electron chi connectivity index (χ4n) is 2.77. The van der Waals surface area contributed by atoms with Crippen LogP contribution in [-0.4, -0.2) is 36.4 Å². The van der Waals surface area contributed by atoms with Crippen LogP contribution in [0, 0.1) is 0 Å². The standard InChI is InChI=1S/C21H24ClN5O.HI/c1-23-21(24-12-10-17-6-9-19(28-2)14-20(17)22)25-15-16-4-7-18(8-5-16)27-13-3-11-26-27;/h3-9,11,13-14H,10,12,15H2,1-2H3,(H2,23,24,25);1H. The van der Waals surface area contributed by atoms with Gasteiger partial charge in [0.1, 0.15) is 5.75 Å². The maximum absolute atomic E-state index is 6.29. The molecule has 0 spiro atoms. The number of guanidine groups is 1. The molecule has 0 amide bonds. The molecule has 2 N–H and O–H groups in total. The summed E-state index contributed by atoms with van der Waals surface area (Å²) in [5.74, 6) is 1.51. The summed E-state index contributed by atoms with van der Waals surface area (Å²) in [7, 11) is 3.39. The van der Waals surface area contributed by atoms with Gasteiger partial charge in [-0.05, 0) is 47.9 Å². The molecule has 0 bridgehead atoms. The van der Waals surface area contributed by atoms with Gasteiger partial charge in [0, 0.05) is 37.6 Å². The fourth-order valence-corrected chi connectivity index (χ4v) is 3.03. The molecule has 8 heteroatoms. The quantitative estimate of drug-likeness (QED) is 0.277. The van der Waals surface area contributed by atoms with Crippen LogP contribution < -0.4 is 15.4 Å². The molecule has 2 aromatic carbocycles. The van der Waals surface area contributed by atoms with E-state index in [4.69, 9.17) is 16.3 Å². The van der Waals surface area contributed by atoms with Gasteiger partial charge in [-0.15, -0.1) is 24.0 Å². The molecule has 0 aliphatic rings. The number of aromatic nitrogens is 2. The largest absolute Gasteiger partial charge is 0.497 e. The van der Waals surface area contributed by atoms with Crippen LogP contribution in [0.25, 0.3) is 5.69 Å². The van der Waals surface area contributed by atoms with Gasteiger partial charge in [-0.1, -0.05) is 29.8 Å². The summed E-state index contributed by atoms with van der Waals surface area (Å²) in [6, 6.07) is 15.9. The molecule has 0 atom stereocenters. The Morgan fingerprint density at radius 1 is 1.17 bits per heavy atom. The van der Waals surface area contributed by atoms with Gasteiger partial charge >= 0.3 is 0 Å². The van der Waals surface area contributed by atoms with Crippen LogP contribution >= 0.6 is 35.6 Å². The number of hydrogen-bond donors (Lipinski definition) is 2. The van der Waals surface area contributed by atoms with E-state index in [1.165, 1.54) is 0 Å². The van der Waals surface area contributed by atoms with Crippen LogP contribution in [0.4, 0.5) is 0 Å². The molecular weight excluding hydrogens is 501 g/mol. The summed E-state index contributed by atoms with van der Waals surface area (Å²) in [6.07, 6.45) is 4.49. The molecule has 3 aromatic rings. The van der Waals surface area contributed by atoms with E-state index in [1.807, 2.05) is 47.3 Å². The monoisotopic (exact) mass is 525 g/mol. The highest BCUT2D eigenvalue weighted by molar-refractivity contribution is 14.0. The Morgan fingerprint density at radius 2 is 1.97 bits per heavy atom. The van der Waals surface area contributed by atoms with Crippen molar-refractivity contribution in [2.24, 2.45) is 4.99 Å². The van der Waals surface area contributed by atoms with E-state index in [0.717, 1.165) is 41.5 Å². The van der Waals surface area contributed by atoms with Gasteiger partial charge in [0.2, 0.25) is 0 Å². The topological polar surface area (TPSA) is 63.5 Å². The number of methoxy groups -OCH3 is 1. The van der Waals surface area contributed by atoms with Crippen LogP contribution in [0.5, 0.6) is 5.75 Å². The van der Waals surface area contributed by atoms with Crippen LogP contribution in [0.1, 0.15) is 11.1 Å². The Kier molecular flexibility index (Phi) is 9.27. The van der Waals surface area contributed by atoms with Crippen molar-refractivity contribution < 1.29 is 4.74 Å². The summed E-state index contributed by atoms with van der Waals surface area (Å²) in [6.45, 7) is 1.41. The molecule has 0 fully saturated rings. The summed E-state index contributed by atoms with van der Waals surface area (Å²) in [4.78, 5) is 4.27. The predicted octanol–water partition coefficient (Wildman–Crippen LogP) is 4.06. The van der Waals surface area contributed by atoms with Crippen molar-refractivity contribution in [1.29, 1.82) is 0 Å².